The molecule has 1 fully saturated rings. The van der Waals surface area contributed by atoms with Crippen molar-refractivity contribution in [1.29, 1.82) is 0 Å². The van der Waals surface area contributed by atoms with E-state index in [0.717, 1.165) is 18.1 Å². The van der Waals surface area contributed by atoms with Gasteiger partial charge in [0.1, 0.15) is 0 Å². The predicted octanol–water partition coefficient (Wildman–Crippen LogP) is 2.44. The first-order chi connectivity index (χ1) is 7.68. The van der Waals surface area contributed by atoms with Crippen LogP contribution < -0.4 is 5.73 Å². The van der Waals surface area contributed by atoms with Gasteiger partial charge in [-0.2, -0.15) is 11.8 Å². The van der Waals surface area contributed by atoms with Crippen molar-refractivity contribution in [2.75, 3.05) is 18.1 Å². The third-order valence-electron chi connectivity index (χ3n) is 3.03. The van der Waals surface area contributed by atoms with E-state index in [9.17, 15) is 0 Å². The zero-order valence-corrected chi connectivity index (χ0v) is 10.7. The van der Waals surface area contributed by atoms with Crippen LogP contribution in [0.15, 0.2) is 18.2 Å². The first-order valence-electron chi connectivity index (χ1n) is 5.70. The third-order valence-corrected chi connectivity index (χ3v) is 4.05. The summed E-state index contributed by atoms with van der Waals surface area (Å²) in [6.07, 6.45) is 0.167. The summed E-state index contributed by atoms with van der Waals surface area (Å²) < 4.78 is 5.73. The highest BCUT2D eigenvalue weighted by Gasteiger charge is 2.23. The molecule has 0 bridgehead atoms. The second-order valence-electron chi connectivity index (χ2n) is 4.37. The molecule has 3 heteroatoms. The van der Waals surface area contributed by atoms with Crippen molar-refractivity contribution in [3.8, 4) is 0 Å². The summed E-state index contributed by atoms with van der Waals surface area (Å²) in [5, 5.41) is 0. The van der Waals surface area contributed by atoms with Gasteiger partial charge in [-0.3, -0.25) is 0 Å². The minimum atomic E-state index is 0.00778. The van der Waals surface area contributed by atoms with E-state index in [1.165, 1.54) is 16.7 Å². The van der Waals surface area contributed by atoms with Crippen LogP contribution in [0.25, 0.3) is 0 Å². The molecule has 2 unspecified atom stereocenters. The molecular formula is C13H19NOS. The zero-order valence-electron chi connectivity index (χ0n) is 9.90. The van der Waals surface area contributed by atoms with Crippen LogP contribution in [-0.4, -0.2) is 24.2 Å². The summed E-state index contributed by atoms with van der Waals surface area (Å²) in [5.41, 5.74) is 10.1. The molecule has 2 atom stereocenters. The van der Waals surface area contributed by atoms with Gasteiger partial charge < -0.3 is 10.5 Å². The lowest BCUT2D eigenvalue weighted by Crippen LogP contribution is -2.35. The predicted molar refractivity (Wildman–Crippen MR) is 69.9 cm³/mol. The molecule has 88 valence electrons. The summed E-state index contributed by atoms with van der Waals surface area (Å²) in [7, 11) is 0. The Labute approximate surface area is 102 Å². The molecule has 1 heterocycles. The second kappa shape index (κ2) is 5.21. The normalized spacial score (nSPS) is 23.1. The van der Waals surface area contributed by atoms with Crippen LogP contribution in [0.5, 0.6) is 0 Å². The van der Waals surface area contributed by atoms with Gasteiger partial charge in [0, 0.05) is 11.5 Å². The van der Waals surface area contributed by atoms with Gasteiger partial charge >= 0.3 is 0 Å². The fourth-order valence-electron chi connectivity index (χ4n) is 2.11. The Kier molecular flexibility index (Phi) is 3.90. The van der Waals surface area contributed by atoms with Gasteiger partial charge in [-0.1, -0.05) is 23.8 Å². The van der Waals surface area contributed by atoms with Crippen LogP contribution in [-0.2, 0) is 4.74 Å². The number of benzene rings is 1. The van der Waals surface area contributed by atoms with E-state index in [1.807, 2.05) is 11.8 Å². The molecule has 0 aliphatic carbocycles. The largest absolute Gasteiger partial charge is 0.375 e. The van der Waals surface area contributed by atoms with Gasteiger partial charge in [-0.25, -0.2) is 0 Å². The lowest BCUT2D eigenvalue weighted by molar-refractivity contribution is 0.0568. The Morgan fingerprint density at radius 2 is 2.25 bits per heavy atom. The second-order valence-corrected chi connectivity index (χ2v) is 5.52. The Morgan fingerprint density at radius 1 is 1.44 bits per heavy atom. The molecule has 0 spiro atoms. The number of hydrogen-bond acceptors (Lipinski definition) is 3. The van der Waals surface area contributed by atoms with Gasteiger partial charge in [0.15, 0.2) is 0 Å². The molecule has 0 radical (unpaired) electrons. The average Bonchev–Trinajstić information content (AvgIpc) is 2.29. The summed E-state index contributed by atoms with van der Waals surface area (Å²) in [6.45, 7) is 5.06. The molecule has 0 saturated carbocycles. The molecule has 1 aromatic carbocycles. The smallest absolute Gasteiger partial charge is 0.0858 e. The van der Waals surface area contributed by atoms with E-state index < -0.39 is 0 Å². The third kappa shape index (κ3) is 2.59. The molecule has 0 aromatic heterocycles. The van der Waals surface area contributed by atoms with E-state index in [1.54, 1.807) is 0 Å². The quantitative estimate of drug-likeness (QED) is 0.858. The molecule has 0 amide bonds. The maximum atomic E-state index is 6.28. The first-order valence-corrected chi connectivity index (χ1v) is 6.86. The molecule has 1 saturated heterocycles. The van der Waals surface area contributed by atoms with Crippen molar-refractivity contribution in [3.63, 3.8) is 0 Å². The minimum Gasteiger partial charge on any atom is -0.375 e. The highest BCUT2D eigenvalue weighted by atomic mass is 32.2. The SMILES string of the molecule is Cc1ccc(C(N)C2CSCCO2)c(C)c1. The number of thioether (sulfide) groups is 1. The van der Waals surface area contributed by atoms with Crippen LogP contribution in [0.3, 0.4) is 0 Å². The number of nitrogens with two attached hydrogens (primary N) is 1. The van der Waals surface area contributed by atoms with Crippen molar-refractivity contribution < 1.29 is 4.74 Å². The molecule has 1 aliphatic heterocycles. The summed E-state index contributed by atoms with van der Waals surface area (Å²) in [6, 6.07) is 6.45. The summed E-state index contributed by atoms with van der Waals surface area (Å²) in [5.74, 6) is 2.10. The van der Waals surface area contributed by atoms with Crippen LogP contribution in [0.2, 0.25) is 0 Å². The highest BCUT2D eigenvalue weighted by Crippen LogP contribution is 2.26. The molecule has 2 rings (SSSR count). The fourth-order valence-corrected chi connectivity index (χ4v) is 3.03. The highest BCUT2D eigenvalue weighted by molar-refractivity contribution is 7.99. The maximum Gasteiger partial charge on any atom is 0.0858 e. The molecule has 2 nitrogen and oxygen atoms in total. The lowest BCUT2D eigenvalue weighted by Gasteiger charge is -2.28. The molecule has 1 aliphatic rings. The van der Waals surface area contributed by atoms with Gasteiger partial charge in [0.25, 0.3) is 0 Å². The fraction of sp³-hybridized carbons (Fsp3) is 0.538. The van der Waals surface area contributed by atoms with Crippen LogP contribution in [0, 0.1) is 13.8 Å². The molecule has 2 N–H and O–H groups in total. The van der Waals surface area contributed by atoms with Crippen molar-refractivity contribution in [3.05, 3.63) is 34.9 Å². The number of hydrogen-bond donors (Lipinski definition) is 1. The van der Waals surface area contributed by atoms with Crippen molar-refractivity contribution in [2.24, 2.45) is 5.73 Å². The standard InChI is InChI=1S/C13H19NOS/c1-9-3-4-11(10(2)7-9)13(14)12-8-16-6-5-15-12/h3-4,7,12-13H,5-6,8,14H2,1-2H3. The summed E-state index contributed by atoms with van der Waals surface area (Å²) in [4.78, 5) is 0. The first kappa shape index (κ1) is 12.0. The number of aryl methyl sites for hydroxylation is 2. The van der Waals surface area contributed by atoms with Crippen LogP contribution in [0.4, 0.5) is 0 Å². The number of ether oxygens (including phenoxy) is 1. The topological polar surface area (TPSA) is 35.2 Å². The van der Waals surface area contributed by atoms with E-state index >= 15 is 0 Å². The average molecular weight is 237 g/mol. The van der Waals surface area contributed by atoms with E-state index in [2.05, 4.69) is 32.0 Å². The number of rotatable bonds is 2. The lowest BCUT2D eigenvalue weighted by atomic mass is 9.96. The Balaban J connectivity index is 2.15. The zero-order chi connectivity index (χ0) is 11.5. The molecule has 1 aromatic rings. The van der Waals surface area contributed by atoms with Gasteiger partial charge in [0.2, 0.25) is 0 Å². The minimum absolute atomic E-state index is 0.00778. The maximum absolute atomic E-state index is 6.28. The van der Waals surface area contributed by atoms with Crippen molar-refractivity contribution in [1.82, 2.24) is 0 Å². The van der Waals surface area contributed by atoms with Gasteiger partial charge in [-0.05, 0) is 25.0 Å². The van der Waals surface area contributed by atoms with Crippen molar-refractivity contribution >= 4 is 11.8 Å². The molecular weight excluding hydrogens is 218 g/mol. The van der Waals surface area contributed by atoms with E-state index in [0.29, 0.717) is 0 Å². The van der Waals surface area contributed by atoms with Gasteiger partial charge in [-0.15, -0.1) is 0 Å². The van der Waals surface area contributed by atoms with E-state index in [-0.39, 0.29) is 12.1 Å². The Bertz CT molecular complexity index is 361. The van der Waals surface area contributed by atoms with Gasteiger partial charge in [0.05, 0.1) is 18.8 Å². The van der Waals surface area contributed by atoms with Crippen molar-refractivity contribution in [2.45, 2.75) is 26.0 Å². The molecule has 16 heavy (non-hydrogen) atoms. The van der Waals surface area contributed by atoms with Crippen LogP contribution >= 0.6 is 11.8 Å². The monoisotopic (exact) mass is 237 g/mol. The Morgan fingerprint density at radius 3 is 2.88 bits per heavy atom. The summed E-state index contributed by atoms with van der Waals surface area (Å²) >= 11 is 1.93. The van der Waals surface area contributed by atoms with E-state index in [4.69, 9.17) is 10.5 Å². The van der Waals surface area contributed by atoms with Crippen LogP contribution in [0.1, 0.15) is 22.7 Å². The Hall–Kier alpha value is -0.510.